The average Bonchev–Trinajstić information content (AvgIpc) is 3.56. The van der Waals surface area contributed by atoms with Gasteiger partial charge in [-0.25, -0.2) is 4.98 Å². The second kappa shape index (κ2) is 13.2. The zero-order valence-electron chi connectivity index (χ0n) is 26.3. The number of aromatic nitrogens is 1. The molecular weight excluding hydrogens is 562 g/mol. The normalized spacial score (nSPS) is 19.1. The predicted octanol–water partition coefficient (Wildman–Crippen LogP) is 4.96. The Morgan fingerprint density at radius 2 is 1.89 bits per heavy atom. The van der Waals surface area contributed by atoms with Crippen LogP contribution in [0, 0.1) is 29.6 Å². The Balaban J connectivity index is 1.40. The summed E-state index contributed by atoms with van der Waals surface area (Å²) in [5, 5.41) is 22.7. The lowest BCUT2D eigenvalue weighted by Gasteiger charge is -2.43. The molecule has 3 aliphatic heterocycles. The predicted molar refractivity (Wildman–Crippen MR) is 176 cm³/mol. The monoisotopic (exact) mass is 603 g/mol. The summed E-state index contributed by atoms with van der Waals surface area (Å²) in [5.41, 5.74) is 5.66. The quantitative estimate of drug-likeness (QED) is 0.333. The Bertz CT molecular complexity index is 1680. The van der Waals surface area contributed by atoms with Crippen LogP contribution in [0.3, 0.4) is 0 Å². The number of pyridine rings is 1. The number of aryl methyl sites for hydroxylation is 1. The fourth-order valence-corrected chi connectivity index (χ4v) is 7.35. The van der Waals surface area contributed by atoms with E-state index >= 15 is 0 Å². The van der Waals surface area contributed by atoms with Crippen LogP contribution in [-0.4, -0.2) is 78.7 Å². The van der Waals surface area contributed by atoms with Gasteiger partial charge in [-0.1, -0.05) is 36.9 Å². The first kappa shape index (κ1) is 30.4. The van der Waals surface area contributed by atoms with Crippen LogP contribution in [0.4, 0.5) is 11.4 Å². The lowest BCUT2D eigenvalue weighted by atomic mass is 9.95. The zero-order chi connectivity index (χ0) is 31.5. The number of fused-ring (bicyclic) bond motifs is 2. The number of benzene rings is 2. The second-order valence-corrected chi connectivity index (χ2v) is 12.4. The second-order valence-electron chi connectivity index (χ2n) is 12.4. The molecule has 9 heteroatoms. The van der Waals surface area contributed by atoms with Crippen LogP contribution >= 0.6 is 0 Å². The van der Waals surface area contributed by atoms with Gasteiger partial charge in [-0.15, -0.1) is 0 Å². The van der Waals surface area contributed by atoms with Crippen molar-refractivity contribution in [2.24, 2.45) is 0 Å². The molecule has 2 aromatic carbocycles. The number of rotatable bonds is 8. The van der Waals surface area contributed by atoms with Crippen molar-refractivity contribution in [3.8, 4) is 18.0 Å². The Morgan fingerprint density at radius 3 is 2.62 bits per heavy atom. The molecule has 6 rings (SSSR count). The summed E-state index contributed by atoms with van der Waals surface area (Å²) >= 11 is 0. The molecule has 9 nitrogen and oxygen atoms in total. The smallest absolute Gasteiger partial charge is 0.246 e. The molecule has 0 N–H and O–H groups in total. The molecule has 3 aromatic rings. The minimum absolute atomic E-state index is 0.137. The van der Waals surface area contributed by atoms with E-state index in [1.807, 2.05) is 6.92 Å². The van der Waals surface area contributed by atoms with Gasteiger partial charge in [-0.3, -0.25) is 9.69 Å². The topological polar surface area (TPSA) is 99.7 Å². The molecule has 3 aliphatic rings. The first-order chi connectivity index (χ1) is 21.9. The maximum absolute atomic E-state index is 12.6. The first-order valence-electron chi connectivity index (χ1n) is 16.0. The molecule has 2 saturated heterocycles. The van der Waals surface area contributed by atoms with E-state index in [0.717, 1.165) is 43.1 Å². The van der Waals surface area contributed by atoms with Gasteiger partial charge >= 0.3 is 0 Å². The third kappa shape index (κ3) is 6.06. The lowest BCUT2D eigenvalue weighted by Crippen LogP contribution is -2.55. The molecule has 45 heavy (non-hydrogen) atoms. The number of carbonyl (C=O) groups excluding carboxylic acids is 1. The van der Waals surface area contributed by atoms with Gasteiger partial charge in [0, 0.05) is 49.4 Å². The Morgan fingerprint density at radius 1 is 1.11 bits per heavy atom. The molecule has 0 aliphatic carbocycles. The molecule has 2 unspecified atom stereocenters. The highest BCUT2D eigenvalue weighted by molar-refractivity contribution is 5.97. The SMILES string of the molecule is C=CC(=O)N1CCN(c2c(C#N)c(OC(C)CN3CCCC3)nc3c2CCN(c2cccc4cccc(C)c24)C3)CC1CC#N. The van der Waals surface area contributed by atoms with Crippen molar-refractivity contribution < 1.29 is 9.53 Å². The molecule has 0 saturated carbocycles. The summed E-state index contributed by atoms with van der Waals surface area (Å²) in [6.07, 6.45) is 4.49. The number of likely N-dealkylation sites (tertiary alicyclic amines) is 1. The van der Waals surface area contributed by atoms with E-state index in [0.29, 0.717) is 44.0 Å². The summed E-state index contributed by atoms with van der Waals surface area (Å²) in [7, 11) is 0. The van der Waals surface area contributed by atoms with Gasteiger partial charge < -0.3 is 19.4 Å². The molecule has 4 heterocycles. The van der Waals surface area contributed by atoms with Gasteiger partial charge in [0.1, 0.15) is 17.7 Å². The Labute approximate surface area is 265 Å². The van der Waals surface area contributed by atoms with E-state index in [1.165, 1.54) is 40.9 Å². The van der Waals surface area contributed by atoms with E-state index in [-0.39, 0.29) is 24.5 Å². The summed E-state index contributed by atoms with van der Waals surface area (Å²) in [5.74, 6) is 0.197. The van der Waals surface area contributed by atoms with E-state index < -0.39 is 0 Å². The maximum atomic E-state index is 12.6. The summed E-state index contributed by atoms with van der Waals surface area (Å²) in [6.45, 7) is 13.6. The molecule has 2 fully saturated rings. The van der Waals surface area contributed by atoms with Gasteiger partial charge in [-0.2, -0.15) is 10.5 Å². The maximum Gasteiger partial charge on any atom is 0.246 e. The van der Waals surface area contributed by atoms with E-state index in [1.54, 1.807) is 4.90 Å². The van der Waals surface area contributed by atoms with Crippen molar-refractivity contribution in [1.29, 1.82) is 10.5 Å². The van der Waals surface area contributed by atoms with Gasteiger partial charge in [0.05, 0.1) is 36.5 Å². The van der Waals surface area contributed by atoms with Crippen LogP contribution in [0.25, 0.3) is 10.8 Å². The minimum Gasteiger partial charge on any atom is -0.472 e. The number of anilines is 2. The van der Waals surface area contributed by atoms with Crippen LogP contribution in [0.15, 0.2) is 49.1 Å². The number of nitrogens with zero attached hydrogens (tertiary/aromatic N) is 7. The van der Waals surface area contributed by atoms with Gasteiger partial charge in [0.2, 0.25) is 11.8 Å². The number of hydrogen-bond donors (Lipinski definition) is 0. The summed E-state index contributed by atoms with van der Waals surface area (Å²) in [6, 6.07) is 17.3. The van der Waals surface area contributed by atoms with Crippen molar-refractivity contribution in [2.75, 3.05) is 55.6 Å². The van der Waals surface area contributed by atoms with Crippen molar-refractivity contribution in [3.05, 3.63) is 71.4 Å². The van der Waals surface area contributed by atoms with Crippen LogP contribution < -0.4 is 14.5 Å². The van der Waals surface area contributed by atoms with Crippen molar-refractivity contribution in [3.63, 3.8) is 0 Å². The number of nitriles is 2. The number of ether oxygens (including phenoxy) is 1. The summed E-state index contributed by atoms with van der Waals surface area (Å²) < 4.78 is 6.53. The van der Waals surface area contributed by atoms with Gasteiger partial charge in [0.25, 0.3) is 0 Å². The third-order valence-electron chi connectivity index (χ3n) is 9.45. The Hall–Kier alpha value is -4.60. The molecule has 1 aromatic heterocycles. The largest absolute Gasteiger partial charge is 0.472 e. The number of amides is 1. The van der Waals surface area contributed by atoms with E-state index in [9.17, 15) is 15.3 Å². The molecule has 2 atom stereocenters. The minimum atomic E-state index is -0.304. The first-order valence-corrected chi connectivity index (χ1v) is 16.0. The van der Waals surface area contributed by atoms with Crippen LogP contribution in [0.5, 0.6) is 5.88 Å². The van der Waals surface area contributed by atoms with Crippen LogP contribution in [-0.2, 0) is 17.8 Å². The molecular formula is C36H41N7O2. The van der Waals surface area contributed by atoms with Crippen molar-refractivity contribution in [1.82, 2.24) is 14.8 Å². The van der Waals surface area contributed by atoms with Crippen molar-refractivity contribution >= 4 is 28.1 Å². The molecule has 0 spiro atoms. The molecule has 0 bridgehead atoms. The Kier molecular flexibility index (Phi) is 8.91. The van der Waals surface area contributed by atoms with E-state index in [2.05, 4.69) is 76.7 Å². The van der Waals surface area contributed by atoms with Crippen molar-refractivity contribution in [2.45, 2.75) is 58.2 Å². The molecule has 232 valence electrons. The number of hydrogen-bond acceptors (Lipinski definition) is 8. The van der Waals surface area contributed by atoms with Gasteiger partial charge in [-0.05, 0) is 69.3 Å². The fourth-order valence-electron chi connectivity index (χ4n) is 7.35. The highest BCUT2D eigenvalue weighted by Gasteiger charge is 2.35. The van der Waals surface area contributed by atoms with Gasteiger partial charge in [0.15, 0.2) is 0 Å². The highest BCUT2D eigenvalue weighted by Crippen LogP contribution is 2.40. The van der Waals surface area contributed by atoms with Crippen LogP contribution in [0.2, 0.25) is 0 Å². The fraction of sp³-hybridized carbons (Fsp3) is 0.444. The lowest BCUT2D eigenvalue weighted by molar-refractivity contribution is -0.128. The molecule has 1 amide bonds. The number of piperazine rings is 1. The molecule has 0 radical (unpaired) electrons. The summed E-state index contributed by atoms with van der Waals surface area (Å²) in [4.78, 5) is 26.4. The standard InChI is InChI=1S/C36H41N7O2/c1-4-33(44)43-20-19-42(23-28(43)13-15-37)35-29-14-18-41(32-12-8-11-27-10-7-9-25(2)34(27)32)24-31(29)39-36(30(35)21-38)45-26(3)22-40-16-5-6-17-40/h4,7-12,26,28H,1,5-6,13-14,16-20,22-24H2,2-3H3. The van der Waals surface area contributed by atoms with Crippen LogP contribution in [0.1, 0.15) is 48.6 Å². The zero-order valence-corrected chi connectivity index (χ0v) is 26.3. The number of carbonyl (C=O) groups is 1. The van der Waals surface area contributed by atoms with E-state index in [4.69, 9.17) is 9.72 Å². The average molecular weight is 604 g/mol. The highest BCUT2D eigenvalue weighted by atomic mass is 16.5. The third-order valence-corrected chi connectivity index (χ3v) is 9.45.